The summed E-state index contributed by atoms with van der Waals surface area (Å²) in [6.07, 6.45) is 8.64. The molecule has 0 bridgehead atoms. The van der Waals surface area contributed by atoms with E-state index in [0.29, 0.717) is 12.5 Å². The van der Waals surface area contributed by atoms with E-state index in [1.807, 2.05) is 18.8 Å². The summed E-state index contributed by atoms with van der Waals surface area (Å²) in [5.74, 6) is 0.224. The van der Waals surface area contributed by atoms with Crippen molar-refractivity contribution in [1.29, 1.82) is 0 Å². The Bertz CT molecular complexity index is 211. The molecule has 1 aliphatic rings. The smallest absolute Gasteiger partial charge is 0.220 e. The number of carbonyl (C=O) groups is 1. The zero-order chi connectivity index (χ0) is 11.8. The summed E-state index contributed by atoms with van der Waals surface area (Å²) in [6, 6.07) is 0.424. The molecule has 0 heterocycles. The number of hydrogen-bond donors (Lipinski definition) is 2. The van der Waals surface area contributed by atoms with Crippen LogP contribution in [0.5, 0.6) is 0 Å². The van der Waals surface area contributed by atoms with Crippen LogP contribution in [0, 0.1) is 0 Å². The lowest BCUT2D eigenvalue weighted by atomic mass is 9.95. The summed E-state index contributed by atoms with van der Waals surface area (Å²) in [7, 11) is 1.92. The Hall–Kier alpha value is -0.220. The van der Waals surface area contributed by atoms with Gasteiger partial charge in [0.2, 0.25) is 5.91 Å². The molecule has 0 radical (unpaired) electrons. The predicted octanol–water partition coefficient (Wildman–Crippen LogP) is 1.78. The first-order valence-corrected chi connectivity index (χ1v) is 7.51. The molecule has 2 unspecified atom stereocenters. The molecule has 16 heavy (non-hydrogen) atoms. The maximum atomic E-state index is 11.6. The fourth-order valence-corrected chi connectivity index (χ4v) is 3.04. The van der Waals surface area contributed by atoms with Crippen molar-refractivity contribution in [2.75, 3.05) is 19.8 Å². The third-order valence-electron chi connectivity index (χ3n) is 3.16. The Morgan fingerprint density at radius 3 is 2.94 bits per heavy atom. The van der Waals surface area contributed by atoms with E-state index in [-0.39, 0.29) is 5.91 Å². The fraction of sp³-hybridized carbons (Fsp3) is 0.917. The van der Waals surface area contributed by atoms with E-state index in [2.05, 4.69) is 16.9 Å². The highest BCUT2D eigenvalue weighted by atomic mass is 32.2. The van der Waals surface area contributed by atoms with Crippen molar-refractivity contribution in [2.45, 2.75) is 49.8 Å². The first-order chi connectivity index (χ1) is 7.76. The molecule has 0 spiro atoms. The van der Waals surface area contributed by atoms with Crippen molar-refractivity contribution in [3.8, 4) is 0 Å². The van der Waals surface area contributed by atoms with Gasteiger partial charge >= 0.3 is 0 Å². The number of carbonyl (C=O) groups excluding carboxylic acids is 1. The summed E-state index contributed by atoms with van der Waals surface area (Å²) in [4.78, 5) is 11.6. The average molecular weight is 244 g/mol. The highest BCUT2D eigenvalue weighted by Gasteiger charge is 2.22. The van der Waals surface area contributed by atoms with E-state index in [1.54, 1.807) is 0 Å². The summed E-state index contributed by atoms with van der Waals surface area (Å²) < 4.78 is 0. The van der Waals surface area contributed by atoms with E-state index >= 15 is 0 Å². The van der Waals surface area contributed by atoms with Crippen molar-refractivity contribution in [2.24, 2.45) is 0 Å². The van der Waals surface area contributed by atoms with Crippen LogP contribution in [0.25, 0.3) is 0 Å². The number of rotatable bonds is 6. The molecular formula is C12H24N2OS. The molecule has 1 amide bonds. The Balaban J connectivity index is 2.17. The van der Waals surface area contributed by atoms with E-state index in [0.717, 1.165) is 31.1 Å². The van der Waals surface area contributed by atoms with Gasteiger partial charge < -0.3 is 10.6 Å². The van der Waals surface area contributed by atoms with Gasteiger partial charge in [0.1, 0.15) is 0 Å². The topological polar surface area (TPSA) is 41.1 Å². The lowest BCUT2D eigenvalue weighted by Crippen LogP contribution is -2.39. The van der Waals surface area contributed by atoms with Crippen LogP contribution in [0.3, 0.4) is 0 Å². The van der Waals surface area contributed by atoms with E-state index in [4.69, 9.17) is 0 Å². The van der Waals surface area contributed by atoms with Crippen LogP contribution in [-0.4, -0.2) is 37.0 Å². The Morgan fingerprint density at radius 1 is 1.44 bits per heavy atom. The Kier molecular flexibility index (Phi) is 6.88. The molecule has 0 aromatic rings. The largest absolute Gasteiger partial charge is 0.353 e. The SMILES string of the molecule is CNCCCC(=O)NC1CCCC(SC)C1. The standard InChI is InChI=1S/C12H24N2OS/c1-13-8-4-7-12(15)14-10-5-3-6-11(9-10)16-2/h10-11,13H,3-9H2,1-2H3,(H,14,15). The van der Waals surface area contributed by atoms with Gasteiger partial charge in [0.25, 0.3) is 0 Å². The third-order valence-corrected chi connectivity index (χ3v) is 4.25. The van der Waals surface area contributed by atoms with Gasteiger partial charge in [-0.1, -0.05) is 6.42 Å². The molecule has 1 aliphatic carbocycles. The van der Waals surface area contributed by atoms with Gasteiger partial charge in [-0.15, -0.1) is 0 Å². The lowest BCUT2D eigenvalue weighted by molar-refractivity contribution is -0.122. The van der Waals surface area contributed by atoms with Crippen LogP contribution in [0.2, 0.25) is 0 Å². The first kappa shape index (κ1) is 13.8. The zero-order valence-corrected chi connectivity index (χ0v) is 11.2. The van der Waals surface area contributed by atoms with Crippen LogP contribution < -0.4 is 10.6 Å². The zero-order valence-electron chi connectivity index (χ0n) is 10.4. The monoisotopic (exact) mass is 244 g/mol. The van der Waals surface area contributed by atoms with Crippen molar-refractivity contribution in [1.82, 2.24) is 10.6 Å². The molecule has 3 nitrogen and oxygen atoms in total. The van der Waals surface area contributed by atoms with Crippen LogP contribution in [0.4, 0.5) is 0 Å². The molecule has 4 heteroatoms. The minimum atomic E-state index is 0.224. The van der Waals surface area contributed by atoms with Crippen LogP contribution in [0.1, 0.15) is 38.5 Å². The van der Waals surface area contributed by atoms with Crippen LogP contribution >= 0.6 is 11.8 Å². The summed E-state index contributed by atoms with van der Waals surface area (Å²) in [5, 5.41) is 6.97. The van der Waals surface area contributed by atoms with Gasteiger partial charge in [-0.05, 0) is 45.5 Å². The predicted molar refractivity (Wildman–Crippen MR) is 70.9 cm³/mol. The highest BCUT2D eigenvalue weighted by Crippen LogP contribution is 2.26. The molecule has 0 aromatic carbocycles. The van der Waals surface area contributed by atoms with Crippen molar-refractivity contribution < 1.29 is 4.79 Å². The Morgan fingerprint density at radius 2 is 2.25 bits per heavy atom. The second-order valence-corrected chi connectivity index (χ2v) is 5.63. The van der Waals surface area contributed by atoms with E-state index < -0.39 is 0 Å². The summed E-state index contributed by atoms with van der Waals surface area (Å²) >= 11 is 1.94. The number of hydrogen-bond acceptors (Lipinski definition) is 3. The molecule has 0 aromatic heterocycles. The molecule has 1 rings (SSSR count). The number of thioether (sulfide) groups is 1. The molecule has 1 fully saturated rings. The lowest BCUT2D eigenvalue weighted by Gasteiger charge is -2.28. The van der Waals surface area contributed by atoms with E-state index in [9.17, 15) is 4.79 Å². The summed E-state index contributed by atoms with van der Waals surface area (Å²) in [5.41, 5.74) is 0. The number of amides is 1. The molecular weight excluding hydrogens is 220 g/mol. The summed E-state index contributed by atoms with van der Waals surface area (Å²) in [6.45, 7) is 0.922. The van der Waals surface area contributed by atoms with Gasteiger partial charge in [0.05, 0.1) is 0 Å². The minimum absolute atomic E-state index is 0.224. The highest BCUT2D eigenvalue weighted by molar-refractivity contribution is 7.99. The molecule has 0 aliphatic heterocycles. The molecule has 1 saturated carbocycles. The van der Waals surface area contributed by atoms with Crippen LogP contribution in [0.15, 0.2) is 0 Å². The third kappa shape index (κ3) is 5.21. The Labute approximate surface area is 103 Å². The molecule has 94 valence electrons. The van der Waals surface area contributed by atoms with Gasteiger partial charge in [-0.2, -0.15) is 11.8 Å². The normalized spacial score (nSPS) is 25.4. The second kappa shape index (κ2) is 7.96. The maximum Gasteiger partial charge on any atom is 0.220 e. The van der Waals surface area contributed by atoms with Crippen molar-refractivity contribution in [3.63, 3.8) is 0 Å². The first-order valence-electron chi connectivity index (χ1n) is 6.23. The average Bonchev–Trinajstić information content (AvgIpc) is 2.29. The van der Waals surface area contributed by atoms with Crippen molar-refractivity contribution in [3.05, 3.63) is 0 Å². The molecule has 2 N–H and O–H groups in total. The quantitative estimate of drug-likeness (QED) is 0.700. The van der Waals surface area contributed by atoms with Gasteiger partial charge in [0.15, 0.2) is 0 Å². The molecule has 0 saturated heterocycles. The molecule has 2 atom stereocenters. The van der Waals surface area contributed by atoms with Crippen molar-refractivity contribution >= 4 is 17.7 Å². The van der Waals surface area contributed by atoms with Gasteiger partial charge in [0, 0.05) is 17.7 Å². The minimum Gasteiger partial charge on any atom is -0.353 e. The fourth-order valence-electron chi connectivity index (χ4n) is 2.22. The van der Waals surface area contributed by atoms with E-state index in [1.165, 1.54) is 12.8 Å². The van der Waals surface area contributed by atoms with Gasteiger partial charge in [-0.25, -0.2) is 0 Å². The number of nitrogens with one attached hydrogen (secondary N) is 2. The second-order valence-electron chi connectivity index (χ2n) is 4.50. The van der Waals surface area contributed by atoms with Crippen LogP contribution in [-0.2, 0) is 4.79 Å². The van der Waals surface area contributed by atoms with Gasteiger partial charge in [-0.3, -0.25) is 4.79 Å². The maximum absolute atomic E-state index is 11.6.